The second-order valence-corrected chi connectivity index (χ2v) is 7.52. The van der Waals surface area contributed by atoms with Gasteiger partial charge < -0.3 is 4.90 Å². The van der Waals surface area contributed by atoms with Crippen molar-refractivity contribution in [1.29, 1.82) is 5.26 Å². The Labute approximate surface area is 162 Å². The molecule has 0 radical (unpaired) electrons. The summed E-state index contributed by atoms with van der Waals surface area (Å²) in [5, 5.41) is 21.7. The highest BCUT2D eigenvalue weighted by Gasteiger charge is 2.21. The molecule has 1 aromatic carbocycles. The highest BCUT2D eigenvalue weighted by Crippen LogP contribution is 2.39. The Morgan fingerprint density at radius 1 is 1.33 bits per heavy atom. The lowest BCUT2D eigenvalue weighted by Crippen LogP contribution is -2.22. The zero-order valence-corrected chi connectivity index (χ0v) is 16.4. The third-order valence-corrected chi connectivity index (χ3v) is 6.10. The van der Waals surface area contributed by atoms with Crippen molar-refractivity contribution in [1.82, 2.24) is 0 Å². The lowest BCUT2D eigenvalue weighted by Gasteiger charge is -2.20. The highest BCUT2D eigenvalue weighted by atomic mass is 32.1. The second-order valence-electron chi connectivity index (χ2n) is 6.44. The number of anilines is 1. The number of hydrogen-bond donors (Lipinski definition) is 0. The van der Waals surface area contributed by atoms with Crippen molar-refractivity contribution in [3.63, 3.8) is 0 Å². The Bertz CT molecular complexity index is 923. The van der Waals surface area contributed by atoms with Crippen molar-refractivity contribution in [2.75, 3.05) is 18.0 Å². The monoisotopic (exact) mass is 382 g/mol. The van der Waals surface area contributed by atoms with Crippen LogP contribution in [0.25, 0.3) is 0 Å². The molecule has 0 N–H and O–H groups in total. The van der Waals surface area contributed by atoms with Crippen LogP contribution in [-0.2, 0) is 12.8 Å². The average molecular weight is 382 g/mol. The molecule has 1 heterocycles. The van der Waals surface area contributed by atoms with Gasteiger partial charge in [0.25, 0.3) is 5.69 Å². The van der Waals surface area contributed by atoms with E-state index in [0.29, 0.717) is 34.9 Å². The molecular weight excluding hydrogens is 360 g/mol. The van der Waals surface area contributed by atoms with Crippen LogP contribution in [0.5, 0.6) is 0 Å². The van der Waals surface area contributed by atoms with Gasteiger partial charge in [-0.1, -0.05) is 6.07 Å². The van der Waals surface area contributed by atoms with E-state index in [4.69, 9.17) is 0 Å². The van der Waals surface area contributed by atoms with Crippen LogP contribution in [0.2, 0.25) is 0 Å². The number of benzene rings is 1. The van der Waals surface area contributed by atoms with Gasteiger partial charge in [-0.2, -0.15) is 5.26 Å². The predicted octanol–water partition coefficient (Wildman–Crippen LogP) is 5.00. The molecule has 0 aliphatic heterocycles. The molecule has 0 unspecified atom stereocenters. The molecule has 7 heteroatoms. The molecule has 2 aromatic rings. The van der Waals surface area contributed by atoms with Crippen molar-refractivity contribution >= 4 is 33.9 Å². The normalized spacial score (nSPS) is 13.4. The topological polar surface area (TPSA) is 82.5 Å². The van der Waals surface area contributed by atoms with E-state index in [-0.39, 0.29) is 10.6 Å². The Morgan fingerprint density at radius 2 is 2.07 bits per heavy atom. The molecule has 0 amide bonds. The zero-order chi connectivity index (χ0) is 19.4. The molecule has 0 atom stereocenters. The summed E-state index contributed by atoms with van der Waals surface area (Å²) in [6.07, 6.45) is 5.83. The zero-order valence-electron chi connectivity index (χ0n) is 15.6. The lowest BCUT2D eigenvalue weighted by atomic mass is 9.96. The molecule has 140 valence electrons. The van der Waals surface area contributed by atoms with Crippen molar-refractivity contribution in [2.24, 2.45) is 4.99 Å². The molecule has 0 fully saturated rings. The number of rotatable bonds is 6. The Hall–Kier alpha value is -2.72. The maximum atomic E-state index is 11.5. The molecule has 3 rings (SSSR count). The molecule has 1 aliphatic carbocycles. The number of aryl methyl sites for hydroxylation is 1. The molecule has 0 saturated heterocycles. The summed E-state index contributed by atoms with van der Waals surface area (Å²) in [5.41, 5.74) is 3.16. The Balaban J connectivity index is 1.94. The van der Waals surface area contributed by atoms with Gasteiger partial charge in [-0.3, -0.25) is 10.1 Å². The Kier molecular flexibility index (Phi) is 5.87. The van der Waals surface area contributed by atoms with E-state index in [1.54, 1.807) is 29.7 Å². The number of nitro groups is 1. The Morgan fingerprint density at radius 3 is 2.74 bits per heavy atom. The van der Waals surface area contributed by atoms with Gasteiger partial charge in [-0.25, -0.2) is 4.99 Å². The number of nitriles is 1. The predicted molar refractivity (Wildman–Crippen MR) is 110 cm³/mol. The largest absolute Gasteiger partial charge is 0.367 e. The van der Waals surface area contributed by atoms with E-state index in [1.165, 1.54) is 4.88 Å². The summed E-state index contributed by atoms with van der Waals surface area (Å²) in [6.45, 7) is 5.36. The lowest BCUT2D eigenvalue weighted by molar-refractivity contribution is -0.384. The van der Waals surface area contributed by atoms with Gasteiger partial charge in [0.15, 0.2) is 0 Å². The van der Waals surface area contributed by atoms with Crippen LogP contribution >= 0.6 is 11.3 Å². The minimum Gasteiger partial charge on any atom is -0.367 e. The van der Waals surface area contributed by atoms with Crippen LogP contribution in [0.15, 0.2) is 23.2 Å². The third-order valence-electron chi connectivity index (χ3n) is 4.90. The van der Waals surface area contributed by atoms with E-state index >= 15 is 0 Å². The van der Waals surface area contributed by atoms with Gasteiger partial charge in [-0.05, 0) is 56.7 Å². The number of fused-ring (bicyclic) bond motifs is 1. The van der Waals surface area contributed by atoms with E-state index in [2.05, 4.69) is 11.1 Å². The fourth-order valence-electron chi connectivity index (χ4n) is 3.49. The summed E-state index contributed by atoms with van der Waals surface area (Å²) < 4.78 is 0. The number of hydrogen-bond acceptors (Lipinski definition) is 6. The smallest absolute Gasteiger partial charge is 0.293 e. The van der Waals surface area contributed by atoms with Crippen molar-refractivity contribution in [3.8, 4) is 6.07 Å². The molecule has 0 saturated carbocycles. The quantitative estimate of drug-likeness (QED) is 0.400. The second kappa shape index (κ2) is 8.31. The fraction of sp³-hybridized carbons (Fsp3) is 0.400. The van der Waals surface area contributed by atoms with Crippen LogP contribution < -0.4 is 4.90 Å². The first-order chi connectivity index (χ1) is 13.1. The summed E-state index contributed by atoms with van der Waals surface area (Å²) in [5.74, 6) is 0. The minimum absolute atomic E-state index is 0.0774. The van der Waals surface area contributed by atoms with Crippen molar-refractivity contribution < 1.29 is 4.92 Å². The summed E-state index contributed by atoms with van der Waals surface area (Å²) >= 11 is 1.57. The summed E-state index contributed by atoms with van der Waals surface area (Å²) in [6, 6.07) is 7.45. The highest BCUT2D eigenvalue weighted by molar-refractivity contribution is 7.16. The van der Waals surface area contributed by atoms with Gasteiger partial charge >= 0.3 is 0 Å². The van der Waals surface area contributed by atoms with Crippen molar-refractivity contribution in [2.45, 2.75) is 39.5 Å². The maximum absolute atomic E-state index is 11.5. The molecule has 0 spiro atoms. The van der Waals surface area contributed by atoms with Gasteiger partial charge in [0, 0.05) is 30.2 Å². The summed E-state index contributed by atoms with van der Waals surface area (Å²) in [7, 11) is 0. The summed E-state index contributed by atoms with van der Waals surface area (Å²) in [4.78, 5) is 18.9. The SMILES string of the molecule is CCN(CC)c1ccc(/C=N/c2sc3c(c2C#N)CCCC3)cc1[N+](=O)[O-]. The molecule has 1 aromatic heterocycles. The molecular formula is C20H22N4O2S. The van der Waals surface area contributed by atoms with Gasteiger partial charge in [0.2, 0.25) is 0 Å². The number of nitrogens with zero attached hydrogens (tertiary/aromatic N) is 4. The average Bonchev–Trinajstić information content (AvgIpc) is 3.05. The first kappa shape index (κ1) is 19.1. The van der Waals surface area contributed by atoms with E-state index < -0.39 is 0 Å². The van der Waals surface area contributed by atoms with Gasteiger partial charge in [0.05, 0.1) is 10.5 Å². The van der Waals surface area contributed by atoms with Crippen LogP contribution in [0.3, 0.4) is 0 Å². The first-order valence-corrected chi connectivity index (χ1v) is 10.0. The van der Waals surface area contributed by atoms with E-state index in [1.807, 2.05) is 24.8 Å². The molecule has 0 bridgehead atoms. The van der Waals surface area contributed by atoms with Crippen molar-refractivity contribution in [3.05, 3.63) is 49.9 Å². The standard InChI is InChI=1S/C20H22N4O2S/c1-3-23(4-2)17-10-9-14(11-18(17)24(25)26)13-22-20-16(12-21)15-7-5-6-8-19(15)27-20/h9-11,13H,3-8H2,1-2H3/b22-13+. The number of thiophene rings is 1. The van der Waals surface area contributed by atoms with Crippen LogP contribution in [0.4, 0.5) is 16.4 Å². The van der Waals surface area contributed by atoms with Crippen LogP contribution in [0, 0.1) is 21.4 Å². The van der Waals surface area contributed by atoms with Crippen LogP contribution in [0.1, 0.15) is 48.3 Å². The number of nitro benzene ring substituents is 1. The third kappa shape index (κ3) is 3.86. The van der Waals surface area contributed by atoms with E-state index in [9.17, 15) is 15.4 Å². The first-order valence-electron chi connectivity index (χ1n) is 9.21. The van der Waals surface area contributed by atoms with Gasteiger partial charge in [-0.15, -0.1) is 11.3 Å². The number of aliphatic imine (C=N–C) groups is 1. The van der Waals surface area contributed by atoms with E-state index in [0.717, 1.165) is 31.2 Å². The van der Waals surface area contributed by atoms with Gasteiger partial charge in [0.1, 0.15) is 16.8 Å². The fourth-order valence-corrected chi connectivity index (χ4v) is 4.67. The molecule has 1 aliphatic rings. The minimum atomic E-state index is -0.352. The molecule has 6 nitrogen and oxygen atoms in total. The molecule has 27 heavy (non-hydrogen) atoms. The maximum Gasteiger partial charge on any atom is 0.293 e. The van der Waals surface area contributed by atoms with Crippen LogP contribution in [-0.4, -0.2) is 24.2 Å².